The van der Waals surface area contributed by atoms with Crippen molar-refractivity contribution in [1.82, 2.24) is 4.90 Å². The smallest absolute Gasteiger partial charge is 0.143 e. The van der Waals surface area contributed by atoms with E-state index in [2.05, 4.69) is 23.9 Å². The third-order valence-corrected chi connectivity index (χ3v) is 3.45. The van der Waals surface area contributed by atoms with Crippen molar-refractivity contribution in [2.24, 2.45) is 16.8 Å². The molecule has 0 amide bonds. The minimum Gasteiger partial charge on any atom is -0.409 e. The first-order valence-electron chi connectivity index (χ1n) is 5.94. The van der Waals surface area contributed by atoms with Crippen molar-refractivity contribution in [3.8, 4) is 0 Å². The van der Waals surface area contributed by atoms with Crippen molar-refractivity contribution in [2.45, 2.75) is 45.6 Å². The molecule has 0 spiro atoms. The summed E-state index contributed by atoms with van der Waals surface area (Å²) in [5.74, 6) is 0.634. The maximum atomic E-state index is 8.67. The molecule has 1 heterocycles. The standard InChI is InChI=1S/C11H23N3O/c1-3-10(4-2)14-7-5-6-9(8-14)11(12)13-15/h9-10,15H,3-8H2,1-2H3,(H2,12,13). The van der Waals surface area contributed by atoms with Crippen LogP contribution in [-0.4, -0.2) is 35.1 Å². The van der Waals surface area contributed by atoms with Gasteiger partial charge < -0.3 is 10.9 Å². The van der Waals surface area contributed by atoms with Crippen LogP contribution in [0.15, 0.2) is 5.16 Å². The number of oxime groups is 1. The molecule has 0 aliphatic carbocycles. The molecule has 3 N–H and O–H groups in total. The summed E-state index contributed by atoms with van der Waals surface area (Å²) in [7, 11) is 0. The Hall–Kier alpha value is -0.770. The predicted molar refractivity (Wildman–Crippen MR) is 62.1 cm³/mol. The van der Waals surface area contributed by atoms with Crippen molar-refractivity contribution in [1.29, 1.82) is 0 Å². The molecule has 1 atom stereocenters. The van der Waals surface area contributed by atoms with E-state index in [-0.39, 0.29) is 5.92 Å². The van der Waals surface area contributed by atoms with Crippen LogP contribution in [-0.2, 0) is 0 Å². The summed E-state index contributed by atoms with van der Waals surface area (Å²) in [6, 6.07) is 0.652. The molecule has 0 aromatic rings. The van der Waals surface area contributed by atoms with Crippen molar-refractivity contribution in [3.05, 3.63) is 0 Å². The topological polar surface area (TPSA) is 61.8 Å². The molecule has 1 saturated heterocycles. The van der Waals surface area contributed by atoms with Crippen LogP contribution < -0.4 is 5.73 Å². The van der Waals surface area contributed by atoms with Crippen LogP contribution in [0.1, 0.15) is 39.5 Å². The summed E-state index contributed by atoms with van der Waals surface area (Å²) in [6.07, 6.45) is 4.56. The van der Waals surface area contributed by atoms with Crippen LogP contribution >= 0.6 is 0 Å². The zero-order chi connectivity index (χ0) is 11.3. The molecule has 1 aliphatic heterocycles. The van der Waals surface area contributed by atoms with Gasteiger partial charge in [-0.25, -0.2) is 0 Å². The lowest BCUT2D eigenvalue weighted by Gasteiger charge is -2.37. The van der Waals surface area contributed by atoms with E-state index in [0.29, 0.717) is 11.9 Å². The van der Waals surface area contributed by atoms with Gasteiger partial charge in [-0.2, -0.15) is 0 Å². The highest BCUT2D eigenvalue weighted by Crippen LogP contribution is 2.21. The van der Waals surface area contributed by atoms with E-state index in [1.54, 1.807) is 0 Å². The third-order valence-electron chi connectivity index (χ3n) is 3.45. The van der Waals surface area contributed by atoms with Gasteiger partial charge in [-0.05, 0) is 32.2 Å². The summed E-state index contributed by atoms with van der Waals surface area (Å²) >= 11 is 0. The van der Waals surface area contributed by atoms with Gasteiger partial charge in [-0.3, -0.25) is 4.90 Å². The monoisotopic (exact) mass is 213 g/mol. The van der Waals surface area contributed by atoms with Gasteiger partial charge in [-0.1, -0.05) is 19.0 Å². The molecule has 88 valence electrons. The summed E-state index contributed by atoms with van der Waals surface area (Å²) in [4.78, 5) is 2.48. The number of hydrogen-bond acceptors (Lipinski definition) is 3. The van der Waals surface area contributed by atoms with Gasteiger partial charge in [0.25, 0.3) is 0 Å². The Morgan fingerprint density at radius 1 is 1.53 bits per heavy atom. The van der Waals surface area contributed by atoms with E-state index in [0.717, 1.165) is 25.9 Å². The van der Waals surface area contributed by atoms with E-state index in [1.165, 1.54) is 12.8 Å². The second-order valence-electron chi connectivity index (χ2n) is 4.33. The Bertz CT molecular complexity index is 214. The molecule has 1 rings (SSSR count). The SMILES string of the molecule is CCC(CC)N1CCCC(C(N)=NO)C1. The molecule has 0 radical (unpaired) electrons. The molecule has 4 nitrogen and oxygen atoms in total. The van der Waals surface area contributed by atoms with Gasteiger partial charge in [0.1, 0.15) is 5.84 Å². The van der Waals surface area contributed by atoms with Gasteiger partial charge in [0.2, 0.25) is 0 Å². The average Bonchev–Trinajstić information content (AvgIpc) is 2.30. The van der Waals surface area contributed by atoms with E-state index in [9.17, 15) is 0 Å². The highest BCUT2D eigenvalue weighted by molar-refractivity contribution is 5.82. The molecular formula is C11H23N3O. The first-order chi connectivity index (χ1) is 7.22. The molecular weight excluding hydrogens is 190 g/mol. The Morgan fingerprint density at radius 3 is 2.73 bits per heavy atom. The van der Waals surface area contributed by atoms with Crippen molar-refractivity contribution in [2.75, 3.05) is 13.1 Å². The van der Waals surface area contributed by atoms with E-state index in [1.807, 2.05) is 0 Å². The highest BCUT2D eigenvalue weighted by atomic mass is 16.4. The maximum absolute atomic E-state index is 8.67. The average molecular weight is 213 g/mol. The Labute approximate surface area is 92.1 Å². The number of amidine groups is 1. The number of nitrogens with two attached hydrogens (primary N) is 1. The van der Waals surface area contributed by atoms with Gasteiger partial charge in [0, 0.05) is 18.5 Å². The Balaban J connectivity index is 2.55. The van der Waals surface area contributed by atoms with Crippen LogP contribution in [0.25, 0.3) is 0 Å². The van der Waals surface area contributed by atoms with Crippen molar-refractivity contribution in [3.63, 3.8) is 0 Å². The van der Waals surface area contributed by atoms with Crippen LogP contribution in [0.2, 0.25) is 0 Å². The molecule has 1 aliphatic rings. The van der Waals surface area contributed by atoms with E-state index >= 15 is 0 Å². The zero-order valence-electron chi connectivity index (χ0n) is 9.82. The molecule has 0 aromatic heterocycles. The lowest BCUT2D eigenvalue weighted by Crippen LogP contribution is -2.45. The second kappa shape index (κ2) is 5.95. The van der Waals surface area contributed by atoms with Crippen LogP contribution in [0.5, 0.6) is 0 Å². The summed E-state index contributed by atoms with van der Waals surface area (Å²) in [5, 5.41) is 11.8. The molecule has 15 heavy (non-hydrogen) atoms. The normalized spacial score (nSPS) is 24.7. The number of rotatable bonds is 4. The molecule has 4 heteroatoms. The van der Waals surface area contributed by atoms with Crippen LogP contribution in [0, 0.1) is 5.92 Å². The van der Waals surface area contributed by atoms with Crippen LogP contribution in [0.3, 0.4) is 0 Å². The number of hydrogen-bond donors (Lipinski definition) is 2. The fourth-order valence-electron chi connectivity index (χ4n) is 2.47. The lowest BCUT2D eigenvalue weighted by molar-refractivity contribution is 0.136. The Morgan fingerprint density at radius 2 is 2.20 bits per heavy atom. The summed E-state index contributed by atoms with van der Waals surface area (Å²) in [5.41, 5.74) is 5.67. The van der Waals surface area contributed by atoms with Gasteiger partial charge in [-0.15, -0.1) is 0 Å². The third kappa shape index (κ3) is 3.09. The lowest BCUT2D eigenvalue weighted by atomic mass is 9.95. The van der Waals surface area contributed by atoms with Crippen molar-refractivity contribution >= 4 is 5.84 Å². The van der Waals surface area contributed by atoms with Gasteiger partial charge in [0.15, 0.2) is 0 Å². The fourth-order valence-corrected chi connectivity index (χ4v) is 2.47. The summed E-state index contributed by atoms with van der Waals surface area (Å²) in [6.45, 7) is 6.55. The molecule has 0 saturated carbocycles. The van der Waals surface area contributed by atoms with Crippen molar-refractivity contribution < 1.29 is 5.21 Å². The minimum atomic E-state index is 0.240. The number of likely N-dealkylation sites (tertiary alicyclic amines) is 1. The van der Waals surface area contributed by atoms with Gasteiger partial charge >= 0.3 is 0 Å². The molecule has 0 bridgehead atoms. The first kappa shape index (κ1) is 12.3. The van der Waals surface area contributed by atoms with E-state index < -0.39 is 0 Å². The van der Waals surface area contributed by atoms with E-state index in [4.69, 9.17) is 10.9 Å². The Kier molecular flexibility index (Phi) is 4.88. The zero-order valence-corrected chi connectivity index (χ0v) is 9.82. The predicted octanol–water partition coefficient (Wildman–Crippen LogP) is 1.63. The highest BCUT2D eigenvalue weighted by Gasteiger charge is 2.26. The number of nitrogens with zero attached hydrogens (tertiary/aromatic N) is 2. The molecule has 1 fully saturated rings. The second-order valence-corrected chi connectivity index (χ2v) is 4.33. The molecule has 1 unspecified atom stereocenters. The first-order valence-corrected chi connectivity index (χ1v) is 5.94. The summed E-state index contributed by atoms with van der Waals surface area (Å²) < 4.78 is 0. The maximum Gasteiger partial charge on any atom is 0.143 e. The van der Waals surface area contributed by atoms with Gasteiger partial charge in [0.05, 0.1) is 0 Å². The largest absolute Gasteiger partial charge is 0.409 e. The molecule has 0 aromatic carbocycles. The quantitative estimate of drug-likeness (QED) is 0.323. The van der Waals surface area contributed by atoms with Crippen LogP contribution in [0.4, 0.5) is 0 Å². The minimum absolute atomic E-state index is 0.240. The fraction of sp³-hybridized carbons (Fsp3) is 0.909. The number of piperidine rings is 1.